The molecule has 0 radical (unpaired) electrons. The third kappa shape index (κ3) is 5.43. The molecule has 45 heavy (non-hydrogen) atoms. The van der Waals surface area contributed by atoms with Crippen LogP contribution in [0.2, 0.25) is 18.6 Å². The summed E-state index contributed by atoms with van der Waals surface area (Å²) in [5, 5.41) is 9.79. The van der Waals surface area contributed by atoms with Gasteiger partial charge < -0.3 is 24.3 Å². The smallest absolute Gasteiger partial charge is 0.414 e. The Hall–Kier alpha value is -4.03. The molecule has 4 atom stereocenters. The zero-order chi connectivity index (χ0) is 31.9. The van der Waals surface area contributed by atoms with E-state index in [4.69, 9.17) is 9.47 Å². The third-order valence-electron chi connectivity index (χ3n) is 9.28. The van der Waals surface area contributed by atoms with Crippen molar-refractivity contribution in [2.45, 2.75) is 50.2 Å². The number of aliphatic hydroxyl groups is 1. The highest BCUT2D eigenvalue weighted by Crippen LogP contribution is 2.61. The minimum absolute atomic E-state index is 0.0628. The molecule has 0 unspecified atom stereocenters. The van der Waals surface area contributed by atoms with Crippen molar-refractivity contribution >= 4 is 43.3 Å². The van der Waals surface area contributed by atoms with E-state index in [9.17, 15) is 24.3 Å². The van der Waals surface area contributed by atoms with Crippen molar-refractivity contribution in [3.8, 4) is 0 Å². The van der Waals surface area contributed by atoms with Crippen LogP contribution < -0.4 is 9.80 Å². The first kappa shape index (κ1) is 31.0. The summed E-state index contributed by atoms with van der Waals surface area (Å²) in [6.07, 6.45) is -1.28. The zero-order valence-corrected chi connectivity index (χ0v) is 26.8. The van der Waals surface area contributed by atoms with Gasteiger partial charge in [0.1, 0.15) is 6.61 Å². The van der Waals surface area contributed by atoms with Crippen molar-refractivity contribution in [2.75, 3.05) is 36.1 Å². The van der Waals surface area contributed by atoms with Gasteiger partial charge in [-0.15, -0.1) is 0 Å². The fraction of sp³-hybridized carbons (Fsp3) is 0.382. The number of benzene rings is 3. The van der Waals surface area contributed by atoms with Gasteiger partial charge in [0.25, 0.3) is 5.91 Å². The Labute approximate surface area is 263 Å². The second-order valence-corrected chi connectivity index (χ2v) is 16.5. The molecule has 2 fully saturated rings. The Kier molecular flexibility index (Phi) is 8.29. The average molecular weight is 630 g/mol. The molecule has 2 saturated heterocycles. The van der Waals surface area contributed by atoms with Gasteiger partial charge in [-0.2, -0.15) is 0 Å². The molecule has 3 heterocycles. The van der Waals surface area contributed by atoms with Gasteiger partial charge in [-0.1, -0.05) is 55.5 Å². The maximum Gasteiger partial charge on any atom is 0.414 e. The number of nitrogens with zero attached hydrogens (tertiary/aromatic N) is 3. The van der Waals surface area contributed by atoms with Crippen molar-refractivity contribution in [2.24, 2.45) is 5.92 Å². The Balaban J connectivity index is 1.42. The molecule has 11 heteroatoms. The molecule has 10 nitrogen and oxygen atoms in total. The van der Waals surface area contributed by atoms with Crippen LogP contribution in [0.15, 0.2) is 78.9 Å². The fourth-order valence-electron chi connectivity index (χ4n) is 7.34. The van der Waals surface area contributed by atoms with Crippen molar-refractivity contribution in [3.05, 3.63) is 90.0 Å². The lowest BCUT2D eigenvalue weighted by Gasteiger charge is -2.33. The van der Waals surface area contributed by atoms with Crippen LogP contribution in [0.1, 0.15) is 24.5 Å². The molecule has 6 rings (SSSR count). The van der Waals surface area contributed by atoms with Crippen LogP contribution in [0.25, 0.3) is 0 Å². The van der Waals surface area contributed by atoms with E-state index in [1.807, 2.05) is 92.8 Å². The van der Waals surface area contributed by atoms with Gasteiger partial charge in [0.2, 0.25) is 5.91 Å². The fourth-order valence-corrected chi connectivity index (χ4v) is 9.89. The van der Waals surface area contributed by atoms with Crippen molar-refractivity contribution < 1.29 is 33.8 Å². The minimum atomic E-state index is -3.04. The van der Waals surface area contributed by atoms with Gasteiger partial charge in [0.15, 0.2) is 13.9 Å². The number of carbonyl (C=O) groups is 3. The van der Waals surface area contributed by atoms with E-state index >= 15 is 0 Å². The molecule has 3 aromatic rings. The quantitative estimate of drug-likeness (QED) is 0.334. The van der Waals surface area contributed by atoms with Gasteiger partial charge >= 0.3 is 6.09 Å². The van der Waals surface area contributed by atoms with Crippen LogP contribution in [-0.4, -0.2) is 73.4 Å². The maximum absolute atomic E-state index is 14.8. The number of anilines is 3. The normalized spacial score (nSPS) is 24.3. The third-order valence-corrected chi connectivity index (χ3v) is 11.8. The molecule has 3 amide bonds. The summed E-state index contributed by atoms with van der Waals surface area (Å²) < 4.78 is 12.1. The number of cyclic esters (lactones) is 1. The van der Waals surface area contributed by atoms with Crippen LogP contribution in [-0.2, 0) is 31.2 Å². The summed E-state index contributed by atoms with van der Waals surface area (Å²) in [7, 11) is -3.04. The summed E-state index contributed by atoms with van der Waals surface area (Å²) in [4.78, 5) is 57.6. The molecule has 0 saturated carbocycles. The molecule has 2 N–H and O–H groups in total. The number of hydrogen-bond donors (Lipinski definition) is 2. The largest absolute Gasteiger partial charge is 0.447 e. The lowest BCUT2D eigenvalue weighted by Crippen LogP contribution is -2.45. The van der Waals surface area contributed by atoms with E-state index in [0.29, 0.717) is 35.7 Å². The molecule has 1 spiro atoms. The summed E-state index contributed by atoms with van der Waals surface area (Å²) in [5.41, 5.74) is 1.42. The van der Waals surface area contributed by atoms with E-state index in [-0.39, 0.29) is 38.0 Å². The first-order chi connectivity index (χ1) is 21.6. The molecule has 3 aromatic carbocycles. The van der Waals surface area contributed by atoms with Gasteiger partial charge in [0, 0.05) is 41.5 Å². The molecule has 0 bridgehead atoms. The molecular weight excluding hydrogens is 590 g/mol. The first-order valence-corrected chi connectivity index (χ1v) is 18.4. The lowest BCUT2D eigenvalue weighted by atomic mass is 9.82. The molecule has 3 aliphatic rings. The van der Waals surface area contributed by atoms with Gasteiger partial charge in [-0.3, -0.25) is 19.4 Å². The maximum atomic E-state index is 14.8. The topological polar surface area (TPSA) is 120 Å². The molecular formula is C34H39N3O7Si. The monoisotopic (exact) mass is 629 g/mol. The van der Waals surface area contributed by atoms with E-state index < -0.39 is 37.6 Å². The summed E-state index contributed by atoms with van der Waals surface area (Å²) >= 11 is 0. The predicted molar refractivity (Wildman–Crippen MR) is 171 cm³/mol. The number of amides is 3. The van der Waals surface area contributed by atoms with Crippen molar-refractivity contribution in [1.82, 2.24) is 4.90 Å². The molecule has 0 aliphatic carbocycles. The van der Waals surface area contributed by atoms with Crippen molar-refractivity contribution in [1.29, 1.82) is 0 Å². The van der Waals surface area contributed by atoms with Crippen LogP contribution in [0, 0.1) is 5.92 Å². The number of aliphatic hydroxyl groups excluding tert-OH is 1. The number of hydrogen-bond acceptors (Lipinski definition) is 7. The number of fused-ring (bicyclic) bond motifs is 2. The lowest BCUT2D eigenvalue weighted by molar-refractivity contribution is -0.149. The number of carbonyl (C=O) groups excluding carboxylic acids is 3. The highest BCUT2D eigenvalue weighted by Gasteiger charge is 2.67. The summed E-state index contributed by atoms with van der Waals surface area (Å²) in [6, 6.07) is 24.3. The van der Waals surface area contributed by atoms with Gasteiger partial charge in [0.05, 0.1) is 31.4 Å². The molecule has 0 aromatic heterocycles. The van der Waals surface area contributed by atoms with Crippen LogP contribution in [0.5, 0.6) is 0 Å². The summed E-state index contributed by atoms with van der Waals surface area (Å²) in [6.45, 7) is 6.46. The van der Waals surface area contributed by atoms with Gasteiger partial charge in [-0.05, 0) is 49.0 Å². The molecule has 3 aliphatic heterocycles. The standard InChI is InChI=1S/C34H39N3O7Si/c1-23-31(45(2,3)42)29(21-30(39)35(16-18-38)22-24-10-6-4-7-11-24)44-34(23)27-20-26(36-17-19-43-33(36)41)14-15-28(27)37(32(34)40)25-12-8-5-9-13-25/h4-15,20,23,29,31,38,42H,16-19,21-22H2,1-3H3/t23-,29+,31-,34+/m1/s1. The van der Waals surface area contributed by atoms with Gasteiger partial charge in [-0.25, -0.2) is 4.79 Å². The highest BCUT2D eigenvalue weighted by molar-refractivity contribution is 6.71. The number of para-hydroxylation sites is 1. The van der Waals surface area contributed by atoms with Crippen molar-refractivity contribution in [3.63, 3.8) is 0 Å². The second kappa shape index (κ2) is 12.0. The Morgan fingerprint density at radius 3 is 2.33 bits per heavy atom. The van der Waals surface area contributed by atoms with E-state index in [1.165, 1.54) is 4.90 Å². The van der Waals surface area contributed by atoms with Crippen LogP contribution in [0.4, 0.5) is 21.9 Å². The SMILES string of the molecule is C[C@@H]1[C@@H]([Si](C)(C)O)[C@H](CC(=O)N(CCO)Cc2ccccc2)O[C@@]12C(=O)N(c1ccccc1)c1ccc(N3CCOC3=O)cc12. The van der Waals surface area contributed by atoms with E-state index in [1.54, 1.807) is 15.9 Å². The Morgan fingerprint density at radius 1 is 1.02 bits per heavy atom. The highest BCUT2D eigenvalue weighted by atomic mass is 28.4. The number of ether oxygens (including phenoxy) is 2. The Bertz CT molecular complexity index is 1580. The first-order valence-electron chi connectivity index (χ1n) is 15.4. The Morgan fingerprint density at radius 2 is 1.71 bits per heavy atom. The molecule has 236 valence electrons. The average Bonchev–Trinajstić information content (AvgIpc) is 3.65. The second-order valence-electron chi connectivity index (χ2n) is 12.5. The van der Waals surface area contributed by atoms with E-state index in [0.717, 1.165) is 5.56 Å². The zero-order valence-electron chi connectivity index (χ0n) is 25.8. The summed E-state index contributed by atoms with van der Waals surface area (Å²) in [5.74, 6) is -1.03. The van der Waals surface area contributed by atoms with E-state index in [2.05, 4.69) is 0 Å². The predicted octanol–water partition coefficient (Wildman–Crippen LogP) is 4.53. The van der Waals surface area contributed by atoms with Crippen LogP contribution >= 0.6 is 0 Å². The minimum Gasteiger partial charge on any atom is -0.447 e. The van der Waals surface area contributed by atoms with Crippen LogP contribution in [0.3, 0.4) is 0 Å². The number of rotatable bonds is 9.